The molecule has 1 N–H and O–H groups in total. The van der Waals surface area contributed by atoms with E-state index in [0.29, 0.717) is 0 Å². The molecule has 0 radical (unpaired) electrons. The van der Waals surface area contributed by atoms with Gasteiger partial charge in [0.2, 0.25) is 0 Å². The van der Waals surface area contributed by atoms with Gasteiger partial charge in [-0.2, -0.15) is 0 Å². The molecule has 0 saturated heterocycles. The van der Waals surface area contributed by atoms with Crippen LogP contribution < -0.4 is 0 Å². The molecule has 0 aromatic carbocycles. The van der Waals surface area contributed by atoms with Crippen LogP contribution in [-0.2, 0) is 0 Å². The third kappa shape index (κ3) is 9.76. The lowest BCUT2D eigenvalue weighted by molar-refractivity contribution is 0.213. The molecule has 1 unspecified atom stereocenters. The van der Waals surface area contributed by atoms with Crippen LogP contribution in [0.5, 0.6) is 0 Å². The SMILES string of the molecule is C=CC(O)CCC(=C)CCC#C[Si](C)(C)C. The van der Waals surface area contributed by atoms with E-state index in [1.165, 1.54) is 5.57 Å². The molecular formula is C14H24OSi. The van der Waals surface area contributed by atoms with E-state index < -0.39 is 14.2 Å². The molecule has 0 saturated carbocycles. The smallest absolute Gasteiger partial charge is 0.129 e. The van der Waals surface area contributed by atoms with Gasteiger partial charge in [0.05, 0.1) is 6.10 Å². The van der Waals surface area contributed by atoms with Crippen molar-refractivity contribution < 1.29 is 5.11 Å². The van der Waals surface area contributed by atoms with Gasteiger partial charge in [-0.05, 0) is 19.3 Å². The number of hydrogen-bond acceptors (Lipinski definition) is 1. The molecule has 0 spiro atoms. The van der Waals surface area contributed by atoms with Crippen LogP contribution in [0.4, 0.5) is 0 Å². The van der Waals surface area contributed by atoms with Gasteiger partial charge in [-0.3, -0.25) is 0 Å². The van der Waals surface area contributed by atoms with E-state index in [2.05, 4.69) is 44.3 Å². The van der Waals surface area contributed by atoms with Gasteiger partial charge in [0.1, 0.15) is 8.07 Å². The zero-order valence-corrected chi connectivity index (χ0v) is 11.8. The van der Waals surface area contributed by atoms with Gasteiger partial charge in [-0.15, -0.1) is 18.0 Å². The summed E-state index contributed by atoms with van der Waals surface area (Å²) in [6, 6.07) is 0. The molecule has 0 aliphatic carbocycles. The Bertz CT molecular complexity index is 288. The lowest BCUT2D eigenvalue weighted by Gasteiger charge is -2.06. The number of aliphatic hydroxyl groups excluding tert-OH is 1. The summed E-state index contributed by atoms with van der Waals surface area (Å²) in [7, 11) is -1.22. The Kier molecular flexibility index (Phi) is 7.12. The van der Waals surface area contributed by atoms with Crippen molar-refractivity contribution in [3.63, 3.8) is 0 Å². The van der Waals surface area contributed by atoms with Crippen molar-refractivity contribution in [3.8, 4) is 11.5 Å². The lowest BCUT2D eigenvalue weighted by Crippen LogP contribution is -2.16. The first-order valence-electron chi connectivity index (χ1n) is 5.82. The second kappa shape index (κ2) is 7.48. The Hall–Kier alpha value is -0.783. The Balaban J connectivity index is 3.73. The van der Waals surface area contributed by atoms with Crippen LogP contribution in [0, 0.1) is 11.5 Å². The predicted molar refractivity (Wildman–Crippen MR) is 74.9 cm³/mol. The first-order chi connectivity index (χ1) is 7.35. The van der Waals surface area contributed by atoms with Gasteiger partial charge in [0.25, 0.3) is 0 Å². The minimum atomic E-state index is -1.22. The summed E-state index contributed by atoms with van der Waals surface area (Å²) in [6.07, 6.45) is 4.60. The zero-order chi connectivity index (χ0) is 12.6. The van der Waals surface area contributed by atoms with E-state index in [1.54, 1.807) is 6.08 Å². The summed E-state index contributed by atoms with van der Waals surface area (Å²) >= 11 is 0. The molecule has 0 fully saturated rings. The highest BCUT2D eigenvalue weighted by molar-refractivity contribution is 6.83. The first kappa shape index (κ1) is 15.2. The molecule has 2 heteroatoms. The van der Waals surface area contributed by atoms with Gasteiger partial charge in [0, 0.05) is 6.42 Å². The van der Waals surface area contributed by atoms with Crippen LogP contribution in [0.1, 0.15) is 25.7 Å². The summed E-state index contributed by atoms with van der Waals surface area (Å²) in [5, 5.41) is 9.30. The fourth-order valence-electron chi connectivity index (χ4n) is 1.16. The third-order valence-corrected chi connectivity index (χ3v) is 3.06. The monoisotopic (exact) mass is 236 g/mol. The van der Waals surface area contributed by atoms with Crippen LogP contribution in [0.2, 0.25) is 19.6 Å². The number of hydrogen-bond donors (Lipinski definition) is 1. The normalized spacial score (nSPS) is 12.5. The molecule has 0 rings (SSSR count). The Morgan fingerprint density at radius 2 is 2.00 bits per heavy atom. The highest BCUT2D eigenvalue weighted by atomic mass is 28.3. The van der Waals surface area contributed by atoms with Crippen molar-refractivity contribution >= 4 is 8.07 Å². The van der Waals surface area contributed by atoms with Crippen LogP contribution in [0.3, 0.4) is 0 Å². The number of rotatable bonds is 6. The van der Waals surface area contributed by atoms with Gasteiger partial charge in [-0.25, -0.2) is 0 Å². The highest BCUT2D eigenvalue weighted by Gasteiger charge is 2.07. The van der Waals surface area contributed by atoms with E-state index in [9.17, 15) is 5.11 Å². The maximum atomic E-state index is 9.30. The topological polar surface area (TPSA) is 20.2 Å². The molecule has 1 nitrogen and oxygen atoms in total. The average Bonchev–Trinajstić information content (AvgIpc) is 2.19. The van der Waals surface area contributed by atoms with E-state index in [0.717, 1.165) is 25.7 Å². The fourth-order valence-corrected chi connectivity index (χ4v) is 1.82. The molecule has 1 atom stereocenters. The Morgan fingerprint density at radius 1 is 1.38 bits per heavy atom. The quantitative estimate of drug-likeness (QED) is 0.425. The third-order valence-electron chi connectivity index (χ3n) is 2.13. The van der Waals surface area contributed by atoms with Gasteiger partial charge in [-0.1, -0.05) is 37.9 Å². The minimum Gasteiger partial charge on any atom is -0.389 e. The maximum Gasteiger partial charge on any atom is 0.129 e. The molecular weight excluding hydrogens is 212 g/mol. The largest absolute Gasteiger partial charge is 0.389 e. The zero-order valence-electron chi connectivity index (χ0n) is 10.8. The van der Waals surface area contributed by atoms with Crippen LogP contribution >= 0.6 is 0 Å². The molecule has 0 aromatic rings. The summed E-state index contributed by atoms with van der Waals surface area (Å²) < 4.78 is 0. The van der Waals surface area contributed by atoms with Crippen molar-refractivity contribution in [2.45, 2.75) is 51.4 Å². The average molecular weight is 236 g/mol. The summed E-state index contributed by atoms with van der Waals surface area (Å²) in [5.74, 6) is 3.23. The fraction of sp³-hybridized carbons (Fsp3) is 0.571. The first-order valence-corrected chi connectivity index (χ1v) is 9.32. The van der Waals surface area contributed by atoms with E-state index in [4.69, 9.17) is 0 Å². The summed E-state index contributed by atoms with van der Waals surface area (Å²) in [6.45, 7) is 14.3. The van der Waals surface area contributed by atoms with E-state index in [-0.39, 0.29) is 0 Å². The van der Waals surface area contributed by atoms with E-state index >= 15 is 0 Å². The summed E-state index contributed by atoms with van der Waals surface area (Å²) in [5.41, 5.74) is 4.51. The molecule has 0 aliphatic heterocycles. The Morgan fingerprint density at radius 3 is 2.50 bits per heavy atom. The predicted octanol–water partition coefficient (Wildman–Crippen LogP) is 3.53. The van der Waals surface area contributed by atoms with E-state index in [1.807, 2.05) is 0 Å². The number of aliphatic hydroxyl groups is 1. The standard InChI is InChI=1S/C14H24OSi/c1-6-14(15)11-10-13(2)9-7-8-12-16(3,4)5/h6,14-15H,1-2,7,9-11H2,3-5H3. The van der Waals surface area contributed by atoms with Crippen molar-refractivity contribution in [2.75, 3.05) is 0 Å². The molecule has 0 amide bonds. The molecule has 0 heterocycles. The second-order valence-corrected chi connectivity index (χ2v) is 9.89. The molecule has 90 valence electrons. The number of allylic oxidation sites excluding steroid dienone is 1. The summed E-state index contributed by atoms with van der Waals surface area (Å²) in [4.78, 5) is 0. The second-order valence-electron chi connectivity index (χ2n) is 5.14. The Labute approximate surface area is 101 Å². The van der Waals surface area contributed by atoms with Crippen LogP contribution in [0.25, 0.3) is 0 Å². The van der Waals surface area contributed by atoms with Gasteiger partial charge >= 0.3 is 0 Å². The molecule has 16 heavy (non-hydrogen) atoms. The van der Waals surface area contributed by atoms with Crippen molar-refractivity contribution in [3.05, 3.63) is 24.8 Å². The lowest BCUT2D eigenvalue weighted by atomic mass is 10.0. The van der Waals surface area contributed by atoms with Crippen LogP contribution in [0.15, 0.2) is 24.8 Å². The van der Waals surface area contributed by atoms with Crippen molar-refractivity contribution in [1.82, 2.24) is 0 Å². The van der Waals surface area contributed by atoms with Gasteiger partial charge < -0.3 is 5.11 Å². The molecule has 0 aliphatic rings. The molecule has 0 aromatic heterocycles. The molecule has 0 bridgehead atoms. The van der Waals surface area contributed by atoms with Crippen LogP contribution in [-0.4, -0.2) is 19.3 Å². The van der Waals surface area contributed by atoms with Gasteiger partial charge in [0.15, 0.2) is 0 Å². The maximum absolute atomic E-state index is 9.30. The van der Waals surface area contributed by atoms with Crippen molar-refractivity contribution in [2.24, 2.45) is 0 Å². The van der Waals surface area contributed by atoms with Crippen molar-refractivity contribution in [1.29, 1.82) is 0 Å². The minimum absolute atomic E-state index is 0.398. The highest BCUT2D eigenvalue weighted by Crippen LogP contribution is 2.11.